The maximum absolute atomic E-state index is 11.1. The number of pyridine rings is 1. The van der Waals surface area contributed by atoms with Crippen LogP contribution in [0, 0.1) is 0 Å². The molecule has 0 saturated heterocycles. The smallest absolute Gasteiger partial charge is 0.276 e. The van der Waals surface area contributed by atoms with Crippen LogP contribution in [-0.4, -0.2) is 16.1 Å². The second-order valence-corrected chi connectivity index (χ2v) is 3.56. The highest BCUT2D eigenvalue weighted by Gasteiger charge is 2.05. The molecule has 0 saturated carbocycles. The molecule has 1 amide bonds. The van der Waals surface area contributed by atoms with E-state index >= 15 is 0 Å². The van der Waals surface area contributed by atoms with Crippen LogP contribution in [0.3, 0.4) is 0 Å². The van der Waals surface area contributed by atoms with E-state index in [-0.39, 0.29) is 0 Å². The van der Waals surface area contributed by atoms with Gasteiger partial charge in [0.2, 0.25) is 0 Å². The van der Waals surface area contributed by atoms with Crippen molar-refractivity contribution in [2.24, 2.45) is 0 Å². The third-order valence-electron chi connectivity index (χ3n) is 2.03. The summed E-state index contributed by atoms with van der Waals surface area (Å²) < 4.78 is 0. The number of amides is 1. The summed E-state index contributed by atoms with van der Waals surface area (Å²) in [6, 6.07) is 7.09. The fourth-order valence-corrected chi connectivity index (χ4v) is 1.52. The number of benzene rings is 1. The van der Waals surface area contributed by atoms with Crippen molar-refractivity contribution in [1.82, 2.24) is 10.5 Å². The van der Waals surface area contributed by atoms with Gasteiger partial charge in [-0.05, 0) is 24.3 Å². The van der Waals surface area contributed by atoms with Crippen LogP contribution in [0.4, 0.5) is 0 Å². The summed E-state index contributed by atoms with van der Waals surface area (Å²) in [5.74, 6) is -0.575. The molecule has 0 spiro atoms. The molecule has 2 N–H and O–H groups in total. The number of nitrogens with zero attached hydrogens (tertiary/aromatic N) is 1. The first kappa shape index (κ1) is 9.95. The normalized spacial score (nSPS) is 10.3. The summed E-state index contributed by atoms with van der Waals surface area (Å²) in [5.41, 5.74) is 2.65. The van der Waals surface area contributed by atoms with E-state index in [9.17, 15) is 4.79 Å². The van der Waals surface area contributed by atoms with Gasteiger partial charge in [0.15, 0.2) is 0 Å². The van der Waals surface area contributed by atoms with Crippen molar-refractivity contribution in [1.29, 1.82) is 0 Å². The monoisotopic (exact) mass is 220 g/mol. The fourth-order valence-electron chi connectivity index (χ4n) is 1.31. The minimum absolute atomic E-state index is 0.309. The van der Waals surface area contributed by atoms with E-state index in [4.69, 9.17) is 5.21 Å². The van der Waals surface area contributed by atoms with Crippen LogP contribution in [0.2, 0.25) is 0 Å². The van der Waals surface area contributed by atoms with Crippen LogP contribution >= 0.6 is 12.6 Å². The highest BCUT2D eigenvalue weighted by atomic mass is 32.1. The van der Waals surface area contributed by atoms with Crippen molar-refractivity contribution in [2.45, 2.75) is 4.90 Å². The van der Waals surface area contributed by atoms with Crippen molar-refractivity contribution in [2.75, 3.05) is 0 Å². The molecule has 0 bridgehead atoms. The molecule has 0 aliphatic rings. The molecule has 1 heterocycles. The van der Waals surface area contributed by atoms with Crippen LogP contribution in [0.15, 0.2) is 35.4 Å². The third-order valence-corrected chi connectivity index (χ3v) is 2.31. The molecule has 76 valence electrons. The van der Waals surface area contributed by atoms with Gasteiger partial charge in [-0.2, -0.15) is 0 Å². The van der Waals surface area contributed by atoms with E-state index in [2.05, 4.69) is 17.6 Å². The molecule has 2 rings (SSSR count). The second kappa shape index (κ2) is 3.88. The minimum atomic E-state index is -0.575. The maximum Gasteiger partial charge on any atom is 0.276 e. The number of aromatic nitrogens is 1. The Morgan fingerprint density at radius 1 is 1.40 bits per heavy atom. The Balaban J connectivity index is 2.59. The zero-order valence-electron chi connectivity index (χ0n) is 7.64. The summed E-state index contributed by atoms with van der Waals surface area (Å²) in [6.07, 6.45) is 1.41. The lowest BCUT2D eigenvalue weighted by atomic mass is 10.1. The number of fused-ring (bicyclic) bond motifs is 1. The Labute approximate surface area is 91.3 Å². The predicted octanol–water partition coefficient (Wildman–Crippen LogP) is 1.64. The van der Waals surface area contributed by atoms with E-state index in [0.29, 0.717) is 5.56 Å². The Morgan fingerprint density at radius 3 is 2.93 bits per heavy atom. The minimum Gasteiger partial charge on any atom is -0.288 e. The van der Waals surface area contributed by atoms with Crippen molar-refractivity contribution in [3.63, 3.8) is 0 Å². The molecule has 1 aromatic heterocycles. The van der Waals surface area contributed by atoms with Crippen molar-refractivity contribution < 1.29 is 10.0 Å². The third kappa shape index (κ3) is 1.93. The number of nitrogens with one attached hydrogen (secondary N) is 1. The summed E-state index contributed by atoms with van der Waals surface area (Å²) in [6.45, 7) is 0. The Hall–Kier alpha value is -1.59. The number of carbonyl (C=O) groups is 1. The van der Waals surface area contributed by atoms with Crippen LogP contribution in [0.25, 0.3) is 10.9 Å². The fraction of sp³-hybridized carbons (Fsp3) is 0. The van der Waals surface area contributed by atoms with E-state index in [1.807, 2.05) is 12.1 Å². The van der Waals surface area contributed by atoms with Crippen molar-refractivity contribution in [3.05, 3.63) is 36.0 Å². The quantitative estimate of drug-likeness (QED) is 0.389. The molecule has 0 aliphatic heterocycles. The molecule has 0 atom stereocenters. The molecule has 1 aromatic carbocycles. The Morgan fingerprint density at radius 2 is 2.20 bits per heavy atom. The van der Waals surface area contributed by atoms with Crippen LogP contribution < -0.4 is 5.48 Å². The maximum atomic E-state index is 11.1. The number of hydrogen-bond donors (Lipinski definition) is 3. The lowest BCUT2D eigenvalue weighted by Crippen LogP contribution is -2.18. The first-order chi connectivity index (χ1) is 7.20. The molecule has 4 nitrogen and oxygen atoms in total. The van der Waals surface area contributed by atoms with E-state index in [0.717, 1.165) is 15.8 Å². The summed E-state index contributed by atoms with van der Waals surface area (Å²) in [7, 11) is 0. The molecule has 0 unspecified atom stereocenters. The number of thiol groups is 1. The number of hydroxylamine groups is 1. The highest BCUT2D eigenvalue weighted by molar-refractivity contribution is 7.80. The molecule has 5 heteroatoms. The standard InChI is InChI=1S/C10H8N2O2S/c13-10(12-14)7-3-6-4-8(15)1-2-9(6)11-5-7/h1-5,14-15H,(H,12,13). The summed E-state index contributed by atoms with van der Waals surface area (Å²) >= 11 is 4.19. The predicted molar refractivity (Wildman–Crippen MR) is 58.2 cm³/mol. The van der Waals surface area contributed by atoms with Gasteiger partial charge in [-0.3, -0.25) is 15.0 Å². The Bertz CT molecular complexity index is 528. The number of hydrogen-bond acceptors (Lipinski definition) is 4. The SMILES string of the molecule is O=C(NO)c1cnc2ccc(S)cc2c1. The molecule has 0 fully saturated rings. The Kier molecular flexibility index (Phi) is 2.57. The van der Waals surface area contributed by atoms with Gasteiger partial charge in [0.05, 0.1) is 11.1 Å². The molecular weight excluding hydrogens is 212 g/mol. The average molecular weight is 220 g/mol. The van der Waals surface area contributed by atoms with Crippen LogP contribution in [0.5, 0.6) is 0 Å². The zero-order chi connectivity index (χ0) is 10.8. The summed E-state index contributed by atoms with van der Waals surface area (Å²) in [4.78, 5) is 16.0. The number of rotatable bonds is 1. The molecule has 15 heavy (non-hydrogen) atoms. The first-order valence-corrected chi connectivity index (χ1v) is 4.68. The number of carbonyl (C=O) groups excluding carboxylic acids is 1. The van der Waals surface area contributed by atoms with E-state index in [1.165, 1.54) is 6.20 Å². The topological polar surface area (TPSA) is 62.2 Å². The highest BCUT2D eigenvalue weighted by Crippen LogP contribution is 2.17. The van der Waals surface area contributed by atoms with Gasteiger partial charge in [-0.25, -0.2) is 5.48 Å². The van der Waals surface area contributed by atoms with Gasteiger partial charge in [0.25, 0.3) is 5.91 Å². The zero-order valence-corrected chi connectivity index (χ0v) is 8.53. The first-order valence-electron chi connectivity index (χ1n) is 4.24. The van der Waals surface area contributed by atoms with Crippen LogP contribution in [0.1, 0.15) is 10.4 Å². The van der Waals surface area contributed by atoms with Gasteiger partial charge >= 0.3 is 0 Å². The van der Waals surface area contributed by atoms with Crippen molar-refractivity contribution >= 4 is 29.4 Å². The van der Waals surface area contributed by atoms with Gasteiger partial charge in [0, 0.05) is 16.5 Å². The molecule has 2 aromatic rings. The van der Waals surface area contributed by atoms with Gasteiger partial charge < -0.3 is 0 Å². The molecular formula is C10H8N2O2S. The summed E-state index contributed by atoms with van der Waals surface area (Å²) in [5, 5.41) is 9.28. The average Bonchev–Trinajstić information content (AvgIpc) is 2.27. The largest absolute Gasteiger partial charge is 0.288 e. The van der Waals surface area contributed by atoms with E-state index < -0.39 is 5.91 Å². The van der Waals surface area contributed by atoms with Crippen LogP contribution in [-0.2, 0) is 0 Å². The lowest BCUT2D eigenvalue weighted by Gasteiger charge is -2.01. The van der Waals surface area contributed by atoms with Crippen molar-refractivity contribution in [3.8, 4) is 0 Å². The second-order valence-electron chi connectivity index (χ2n) is 3.04. The van der Waals surface area contributed by atoms with E-state index in [1.54, 1.807) is 17.6 Å². The molecule has 0 aliphatic carbocycles. The van der Waals surface area contributed by atoms with Gasteiger partial charge in [-0.15, -0.1) is 12.6 Å². The van der Waals surface area contributed by atoms with Gasteiger partial charge in [0.1, 0.15) is 0 Å². The van der Waals surface area contributed by atoms with Gasteiger partial charge in [-0.1, -0.05) is 0 Å². The molecule has 0 radical (unpaired) electrons. The lowest BCUT2D eigenvalue weighted by molar-refractivity contribution is 0.0706.